The van der Waals surface area contributed by atoms with Crippen LogP contribution in [0.1, 0.15) is 16.2 Å². The van der Waals surface area contributed by atoms with E-state index in [2.05, 4.69) is 31.0 Å². The Hall–Kier alpha value is -2.15. The lowest BCUT2D eigenvalue weighted by Gasteiger charge is -2.16. The summed E-state index contributed by atoms with van der Waals surface area (Å²) in [7, 11) is 3.57. The molecule has 0 unspecified atom stereocenters. The molecular formula is C14H14BrN5O. The normalized spacial score (nSPS) is 11.0. The van der Waals surface area contributed by atoms with Crippen LogP contribution in [-0.4, -0.2) is 37.6 Å². The summed E-state index contributed by atoms with van der Waals surface area (Å²) >= 11 is 3.50. The predicted octanol–water partition coefficient (Wildman–Crippen LogP) is 2.33. The first kappa shape index (κ1) is 13.8. The zero-order chi connectivity index (χ0) is 15.0. The van der Waals surface area contributed by atoms with Crippen molar-refractivity contribution in [3.63, 3.8) is 0 Å². The van der Waals surface area contributed by atoms with Gasteiger partial charge >= 0.3 is 0 Å². The SMILES string of the molecule is CN(Cc1ncnn1C)C(=O)c1c[nH]c2cccc(Br)c12. The van der Waals surface area contributed by atoms with Gasteiger partial charge in [0.05, 0.1) is 12.1 Å². The summed E-state index contributed by atoms with van der Waals surface area (Å²) in [6.07, 6.45) is 3.22. The summed E-state index contributed by atoms with van der Waals surface area (Å²) in [6, 6.07) is 5.80. The number of fused-ring (bicyclic) bond motifs is 1. The molecular weight excluding hydrogens is 334 g/mol. The molecule has 3 rings (SSSR count). The zero-order valence-electron chi connectivity index (χ0n) is 11.7. The molecule has 0 saturated carbocycles. The Labute approximate surface area is 129 Å². The Morgan fingerprint density at radius 1 is 1.48 bits per heavy atom. The number of benzene rings is 1. The van der Waals surface area contributed by atoms with Crippen LogP contribution in [0.15, 0.2) is 35.2 Å². The zero-order valence-corrected chi connectivity index (χ0v) is 13.3. The lowest BCUT2D eigenvalue weighted by Crippen LogP contribution is -2.27. The molecule has 0 aliphatic carbocycles. The fraction of sp³-hybridized carbons (Fsp3) is 0.214. The fourth-order valence-electron chi connectivity index (χ4n) is 2.26. The van der Waals surface area contributed by atoms with Gasteiger partial charge in [0, 0.05) is 35.7 Å². The lowest BCUT2D eigenvalue weighted by molar-refractivity contribution is 0.0782. The average Bonchev–Trinajstić information content (AvgIpc) is 3.06. The van der Waals surface area contributed by atoms with Crippen LogP contribution in [0.4, 0.5) is 0 Å². The molecule has 0 saturated heterocycles. The van der Waals surface area contributed by atoms with E-state index in [0.717, 1.165) is 21.2 Å². The summed E-state index contributed by atoms with van der Waals surface area (Å²) in [5.74, 6) is 0.681. The summed E-state index contributed by atoms with van der Waals surface area (Å²) in [5, 5.41) is 4.91. The second kappa shape index (κ2) is 5.33. The smallest absolute Gasteiger partial charge is 0.256 e. The Bertz CT molecular complexity index is 807. The number of halogens is 1. The minimum absolute atomic E-state index is 0.0591. The van der Waals surface area contributed by atoms with Crippen molar-refractivity contribution >= 4 is 32.7 Å². The van der Waals surface area contributed by atoms with Crippen molar-refractivity contribution < 1.29 is 4.79 Å². The van der Waals surface area contributed by atoms with E-state index in [1.165, 1.54) is 6.33 Å². The van der Waals surface area contributed by atoms with Crippen LogP contribution in [0.5, 0.6) is 0 Å². The molecule has 1 N–H and O–H groups in total. The number of carbonyl (C=O) groups excluding carboxylic acids is 1. The first-order valence-electron chi connectivity index (χ1n) is 6.42. The second-order valence-corrected chi connectivity index (χ2v) is 5.68. The first-order valence-corrected chi connectivity index (χ1v) is 7.21. The largest absolute Gasteiger partial charge is 0.360 e. The Morgan fingerprint density at radius 3 is 3.00 bits per heavy atom. The van der Waals surface area contributed by atoms with Crippen LogP contribution in [-0.2, 0) is 13.6 Å². The van der Waals surface area contributed by atoms with Gasteiger partial charge < -0.3 is 9.88 Å². The van der Waals surface area contributed by atoms with E-state index < -0.39 is 0 Å². The van der Waals surface area contributed by atoms with Crippen molar-refractivity contribution in [2.75, 3.05) is 7.05 Å². The second-order valence-electron chi connectivity index (χ2n) is 4.83. The van der Waals surface area contributed by atoms with Crippen LogP contribution in [0.3, 0.4) is 0 Å². The Morgan fingerprint density at radius 2 is 2.29 bits per heavy atom. The molecule has 0 bridgehead atoms. The lowest BCUT2D eigenvalue weighted by atomic mass is 10.1. The average molecular weight is 348 g/mol. The van der Waals surface area contributed by atoms with Crippen LogP contribution in [0, 0.1) is 0 Å². The van der Waals surface area contributed by atoms with Gasteiger partial charge in [-0.2, -0.15) is 5.10 Å². The number of hydrogen-bond acceptors (Lipinski definition) is 3. The van der Waals surface area contributed by atoms with Crippen molar-refractivity contribution in [3.8, 4) is 0 Å². The van der Waals surface area contributed by atoms with Gasteiger partial charge in [-0.3, -0.25) is 9.48 Å². The van der Waals surface area contributed by atoms with Crippen molar-refractivity contribution in [3.05, 3.63) is 46.6 Å². The van der Waals surface area contributed by atoms with E-state index >= 15 is 0 Å². The number of aryl methyl sites for hydroxylation is 1. The molecule has 21 heavy (non-hydrogen) atoms. The standard InChI is InChI=1S/C14H14BrN5O/c1-19(7-12-17-8-18-20(12)2)14(21)9-6-16-11-5-3-4-10(15)13(9)11/h3-6,8,16H,7H2,1-2H3. The third-order valence-corrected chi connectivity index (χ3v) is 4.08. The van der Waals surface area contributed by atoms with Gasteiger partial charge in [0.2, 0.25) is 0 Å². The molecule has 108 valence electrons. The fourth-order valence-corrected chi connectivity index (χ4v) is 2.84. The van der Waals surface area contributed by atoms with Gasteiger partial charge in [0.1, 0.15) is 12.2 Å². The predicted molar refractivity (Wildman–Crippen MR) is 82.8 cm³/mol. The van der Waals surface area contributed by atoms with E-state index in [9.17, 15) is 4.79 Å². The maximum atomic E-state index is 12.6. The van der Waals surface area contributed by atoms with E-state index in [0.29, 0.717) is 12.1 Å². The molecule has 2 aromatic heterocycles. The number of amides is 1. The third kappa shape index (κ3) is 2.44. The molecule has 3 aromatic rings. The Kier molecular flexibility index (Phi) is 3.50. The molecule has 0 fully saturated rings. The van der Waals surface area contributed by atoms with E-state index in [-0.39, 0.29) is 5.91 Å². The van der Waals surface area contributed by atoms with Gasteiger partial charge in [0.15, 0.2) is 0 Å². The van der Waals surface area contributed by atoms with Crippen LogP contribution in [0.25, 0.3) is 10.9 Å². The quantitative estimate of drug-likeness (QED) is 0.790. The van der Waals surface area contributed by atoms with Crippen molar-refractivity contribution in [2.45, 2.75) is 6.54 Å². The Balaban J connectivity index is 1.92. The molecule has 0 aliphatic heterocycles. The number of H-pyrrole nitrogens is 1. The monoisotopic (exact) mass is 347 g/mol. The minimum Gasteiger partial charge on any atom is -0.360 e. The van der Waals surface area contributed by atoms with Crippen LogP contribution < -0.4 is 0 Å². The van der Waals surface area contributed by atoms with Crippen LogP contribution >= 0.6 is 15.9 Å². The molecule has 0 atom stereocenters. The highest BCUT2D eigenvalue weighted by Crippen LogP contribution is 2.27. The van der Waals surface area contributed by atoms with E-state index in [1.54, 1.807) is 22.8 Å². The molecule has 2 heterocycles. The van der Waals surface area contributed by atoms with Gasteiger partial charge in [-0.1, -0.05) is 22.0 Å². The molecule has 6 nitrogen and oxygen atoms in total. The summed E-state index contributed by atoms with van der Waals surface area (Å²) in [5.41, 5.74) is 1.57. The van der Waals surface area contributed by atoms with Crippen LogP contribution in [0.2, 0.25) is 0 Å². The number of nitrogens with zero attached hydrogens (tertiary/aromatic N) is 4. The summed E-state index contributed by atoms with van der Waals surface area (Å²) < 4.78 is 2.56. The molecule has 7 heteroatoms. The maximum Gasteiger partial charge on any atom is 0.256 e. The van der Waals surface area contributed by atoms with Gasteiger partial charge in [0.25, 0.3) is 5.91 Å². The summed E-state index contributed by atoms with van der Waals surface area (Å²) in [4.78, 5) is 21.5. The first-order chi connectivity index (χ1) is 10.1. The topological polar surface area (TPSA) is 66.8 Å². The third-order valence-electron chi connectivity index (χ3n) is 3.42. The highest BCUT2D eigenvalue weighted by Gasteiger charge is 2.19. The molecule has 0 radical (unpaired) electrons. The number of carbonyl (C=O) groups is 1. The van der Waals surface area contributed by atoms with Crippen molar-refractivity contribution in [1.82, 2.24) is 24.6 Å². The molecule has 1 amide bonds. The molecule has 0 spiro atoms. The number of aromatic amines is 1. The van der Waals surface area contributed by atoms with Gasteiger partial charge in [-0.15, -0.1) is 0 Å². The number of aromatic nitrogens is 4. The van der Waals surface area contributed by atoms with Crippen molar-refractivity contribution in [2.24, 2.45) is 7.05 Å². The maximum absolute atomic E-state index is 12.6. The molecule has 0 aliphatic rings. The highest BCUT2D eigenvalue weighted by atomic mass is 79.9. The van der Waals surface area contributed by atoms with E-state index in [4.69, 9.17) is 0 Å². The number of rotatable bonds is 3. The summed E-state index contributed by atoms with van der Waals surface area (Å²) in [6.45, 7) is 0.409. The number of nitrogens with one attached hydrogen (secondary N) is 1. The highest BCUT2D eigenvalue weighted by molar-refractivity contribution is 9.10. The molecule has 1 aromatic carbocycles. The number of hydrogen-bond donors (Lipinski definition) is 1. The van der Waals surface area contributed by atoms with Gasteiger partial charge in [-0.05, 0) is 12.1 Å². The van der Waals surface area contributed by atoms with Gasteiger partial charge in [-0.25, -0.2) is 4.98 Å². The minimum atomic E-state index is -0.0591. The van der Waals surface area contributed by atoms with E-state index in [1.807, 2.05) is 25.2 Å². The van der Waals surface area contributed by atoms with Crippen molar-refractivity contribution in [1.29, 1.82) is 0 Å².